The van der Waals surface area contributed by atoms with Crippen LogP contribution >= 0.6 is 11.6 Å². The molecule has 1 N–H and O–H groups in total. The average molecular weight is 373 g/mol. The monoisotopic (exact) mass is 372 g/mol. The summed E-state index contributed by atoms with van der Waals surface area (Å²) >= 11 is 6.05. The van der Waals surface area contributed by atoms with Crippen LogP contribution in [0.5, 0.6) is 0 Å². The number of hydrogen-bond acceptors (Lipinski definition) is 3. The Kier molecular flexibility index (Phi) is 6.66. The van der Waals surface area contributed by atoms with Crippen LogP contribution in [-0.2, 0) is 20.6 Å². The molecule has 0 aromatic heterocycles. The van der Waals surface area contributed by atoms with Crippen LogP contribution < -0.4 is 4.72 Å². The Hall–Kier alpha value is -1.11. The van der Waals surface area contributed by atoms with Crippen molar-refractivity contribution in [2.24, 2.45) is 5.92 Å². The number of benzene rings is 1. The number of nitrogens with one attached hydrogen (secondary N) is 1. The van der Waals surface area contributed by atoms with Gasteiger partial charge in [0.15, 0.2) is 0 Å². The Balaban J connectivity index is 2.12. The highest BCUT2D eigenvalue weighted by Crippen LogP contribution is 2.19. The number of carbonyl (C=O) groups excluding carboxylic acids is 1. The van der Waals surface area contributed by atoms with Gasteiger partial charge in [-0.15, -0.1) is 0 Å². The Labute approximate surface area is 149 Å². The molecule has 1 heterocycles. The molecular weight excluding hydrogens is 348 g/mol. The molecule has 1 aliphatic rings. The minimum absolute atomic E-state index is 0.121. The number of rotatable bonds is 7. The van der Waals surface area contributed by atoms with Gasteiger partial charge in [0.2, 0.25) is 15.9 Å². The standard InChI is InChI=1S/C17H25ClN2O3S/c1-13(2)11-16(17(21)20-9-5-6-10-20)19-24(22,23)12-14-7-3-4-8-15(14)18/h3-4,7-8,13,16,19H,5-6,9-12H2,1-2H3/t16-/m0/s1. The lowest BCUT2D eigenvalue weighted by Gasteiger charge is -2.25. The summed E-state index contributed by atoms with van der Waals surface area (Å²) in [7, 11) is -3.66. The number of nitrogens with zero attached hydrogens (tertiary/aromatic N) is 1. The highest BCUT2D eigenvalue weighted by atomic mass is 35.5. The zero-order valence-electron chi connectivity index (χ0n) is 14.2. The molecule has 7 heteroatoms. The van der Waals surface area contributed by atoms with E-state index < -0.39 is 16.1 Å². The van der Waals surface area contributed by atoms with E-state index in [0.717, 1.165) is 12.8 Å². The first-order chi connectivity index (χ1) is 11.3. The van der Waals surface area contributed by atoms with Crippen LogP contribution in [0.3, 0.4) is 0 Å². The third-order valence-corrected chi connectivity index (χ3v) is 5.75. The molecule has 24 heavy (non-hydrogen) atoms. The second-order valence-electron chi connectivity index (χ2n) is 6.68. The van der Waals surface area contributed by atoms with E-state index in [1.807, 2.05) is 13.8 Å². The van der Waals surface area contributed by atoms with Gasteiger partial charge in [-0.1, -0.05) is 43.6 Å². The van der Waals surface area contributed by atoms with Gasteiger partial charge in [-0.25, -0.2) is 13.1 Å². The Bertz CT molecular complexity index is 670. The van der Waals surface area contributed by atoms with Crippen molar-refractivity contribution >= 4 is 27.5 Å². The molecule has 1 atom stereocenters. The smallest absolute Gasteiger partial charge is 0.240 e. The van der Waals surface area contributed by atoms with E-state index in [-0.39, 0.29) is 17.6 Å². The quantitative estimate of drug-likeness (QED) is 0.800. The second kappa shape index (κ2) is 8.32. The maximum absolute atomic E-state index is 12.7. The summed E-state index contributed by atoms with van der Waals surface area (Å²) in [5, 5.41) is 0.411. The molecule has 5 nitrogen and oxygen atoms in total. The number of amides is 1. The number of halogens is 1. The van der Waals surface area contributed by atoms with Crippen LogP contribution in [0.25, 0.3) is 0 Å². The van der Waals surface area contributed by atoms with E-state index in [2.05, 4.69) is 4.72 Å². The molecule has 2 rings (SSSR count). The van der Waals surface area contributed by atoms with E-state index >= 15 is 0 Å². The summed E-state index contributed by atoms with van der Waals surface area (Å²) in [6, 6.07) is 6.13. The van der Waals surface area contributed by atoms with E-state index in [0.29, 0.717) is 30.1 Å². The minimum atomic E-state index is -3.66. The van der Waals surface area contributed by atoms with Gasteiger partial charge in [-0.2, -0.15) is 0 Å². The molecule has 0 saturated carbocycles. The van der Waals surface area contributed by atoms with E-state index in [4.69, 9.17) is 11.6 Å². The number of carbonyl (C=O) groups is 1. The predicted octanol–water partition coefficient (Wildman–Crippen LogP) is 2.80. The van der Waals surface area contributed by atoms with Crippen LogP contribution in [0.2, 0.25) is 5.02 Å². The number of hydrogen-bond donors (Lipinski definition) is 1. The van der Waals surface area contributed by atoms with Gasteiger partial charge < -0.3 is 4.90 Å². The summed E-state index contributed by atoms with van der Waals surface area (Å²) in [6.45, 7) is 5.37. The summed E-state index contributed by atoms with van der Waals surface area (Å²) in [5.74, 6) is -0.136. The fourth-order valence-electron chi connectivity index (χ4n) is 2.91. The second-order valence-corrected chi connectivity index (χ2v) is 8.84. The molecule has 0 radical (unpaired) electrons. The summed E-state index contributed by atoms with van der Waals surface area (Å²) in [5.41, 5.74) is 0.531. The molecule has 1 aromatic carbocycles. The van der Waals surface area contributed by atoms with Gasteiger partial charge >= 0.3 is 0 Å². The number of likely N-dealkylation sites (tertiary alicyclic amines) is 1. The maximum Gasteiger partial charge on any atom is 0.240 e. The van der Waals surface area contributed by atoms with Crippen molar-refractivity contribution in [3.05, 3.63) is 34.9 Å². The van der Waals surface area contributed by atoms with Crippen molar-refractivity contribution in [1.82, 2.24) is 9.62 Å². The van der Waals surface area contributed by atoms with Crippen molar-refractivity contribution in [3.63, 3.8) is 0 Å². The Morgan fingerprint density at radius 2 is 1.88 bits per heavy atom. The van der Waals surface area contributed by atoms with Crippen LogP contribution in [-0.4, -0.2) is 38.4 Å². The van der Waals surface area contributed by atoms with Crippen molar-refractivity contribution < 1.29 is 13.2 Å². The highest BCUT2D eigenvalue weighted by molar-refractivity contribution is 7.88. The molecule has 1 aliphatic heterocycles. The highest BCUT2D eigenvalue weighted by Gasteiger charge is 2.30. The van der Waals surface area contributed by atoms with Gasteiger partial charge in [-0.3, -0.25) is 4.79 Å². The first-order valence-electron chi connectivity index (χ1n) is 8.30. The lowest BCUT2D eigenvalue weighted by Crippen LogP contribution is -2.48. The fraction of sp³-hybridized carbons (Fsp3) is 0.588. The van der Waals surface area contributed by atoms with E-state index in [9.17, 15) is 13.2 Å². The number of sulfonamides is 1. The molecule has 0 unspecified atom stereocenters. The SMILES string of the molecule is CC(C)C[C@H](NS(=O)(=O)Cc1ccccc1Cl)C(=O)N1CCCC1. The van der Waals surface area contributed by atoms with Gasteiger partial charge in [-0.05, 0) is 36.8 Å². The molecular formula is C17H25ClN2O3S. The van der Waals surface area contributed by atoms with Crippen LogP contribution in [0, 0.1) is 5.92 Å². The lowest BCUT2D eigenvalue weighted by molar-refractivity contribution is -0.132. The molecule has 134 valence electrons. The minimum Gasteiger partial charge on any atom is -0.341 e. The molecule has 0 bridgehead atoms. The molecule has 1 fully saturated rings. The van der Waals surface area contributed by atoms with Crippen molar-refractivity contribution in [2.45, 2.75) is 44.9 Å². The third kappa shape index (κ3) is 5.46. The molecule has 1 amide bonds. The van der Waals surface area contributed by atoms with Crippen LogP contribution in [0.1, 0.15) is 38.7 Å². The van der Waals surface area contributed by atoms with Crippen molar-refractivity contribution in [3.8, 4) is 0 Å². The van der Waals surface area contributed by atoms with Gasteiger partial charge in [0.05, 0.1) is 5.75 Å². The maximum atomic E-state index is 12.7. The first kappa shape index (κ1) is 19.2. The molecule has 1 saturated heterocycles. The Morgan fingerprint density at radius 3 is 2.46 bits per heavy atom. The topological polar surface area (TPSA) is 66.5 Å². The van der Waals surface area contributed by atoms with E-state index in [1.54, 1.807) is 29.2 Å². The van der Waals surface area contributed by atoms with Crippen molar-refractivity contribution in [2.75, 3.05) is 13.1 Å². The van der Waals surface area contributed by atoms with Gasteiger partial charge in [0, 0.05) is 18.1 Å². The zero-order valence-corrected chi connectivity index (χ0v) is 15.7. The first-order valence-corrected chi connectivity index (χ1v) is 10.3. The molecule has 0 spiro atoms. The van der Waals surface area contributed by atoms with Crippen LogP contribution in [0.15, 0.2) is 24.3 Å². The molecule has 1 aromatic rings. The summed E-state index contributed by atoms with van der Waals surface area (Å²) < 4.78 is 27.6. The fourth-order valence-corrected chi connectivity index (χ4v) is 4.56. The van der Waals surface area contributed by atoms with Gasteiger partial charge in [0.25, 0.3) is 0 Å². The van der Waals surface area contributed by atoms with Crippen LogP contribution in [0.4, 0.5) is 0 Å². The molecule has 0 aliphatic carbocycles. The summed E-state index contributed by atoms with van der Waals surface area (Å²) in [6.07, 6.45) is 2.44. The van der Waals surface area contributed by atoms with Crippen molar-refractivity contribution in [1.29, 1.82) is 0 Å². The van der Waals surface area contributed by atoms with Gasteiger partial charge in [0.1, 0.15) is 6.04 Å². The average Bonchev–Trinajstić information content (AvgIpc) is 3.01. The van der Waals surface area contributed by atoms with E-state index in [1.165, 1.54) is 0 Å². The zero-order chi connectivity index (χ0) is 17.7. The predicted molar refractivity (Wildman–Crippen MR) is 96.3 cm³/mol. The Morgan fingerprint density at radius 1 is 1.25 bits per heavy atom. The summed E-state index contributed by atoms with van der Waals surface area (Å²) in [4.78, 5) is 14.4. The lowest BCUT2D eigenvalue weighted by atomic mass is 10.0. The largest absolute Gasteiger partial charge is 0.341 e. The third-order valence-electron chi connectivity index (χ3n) is 4.05. The normalized spacial score (nSPS) is 16.6.